The second-order valence-electron chi connectivity index (χ2n) is 4.29. The van der Waals surface area contributed by atoms with Crippen molar-refractivity contribution in [3.05, 3.63) is 60.2 Å². The lowest BCUT2D eigenvalue weighted by Crippen LogP contribution is -1.87. The lowest BCUT2D eigenvalue weighted by atomic mass is 10.1. The first-order valence-corrected chi connectivity index (χ1v) is 7.29. The maximum Gasteiger partial charge on any atom is 0.115 e. The zero-order valence-corrected chi connectivity index (χ0v) is 11.2. The number of rotatable bonds is 6. The van der Waals surface area contributed by atoms with Crippen molar-refractivity contribution in [3.8, 4) is 5.75 Å². The van der Waals surface area contributed by atoms with Gasteiger partial charge in [0, 0.05) is 4.90 Å². The van der Waals surface area contributed by atoms with Crippen molar-refractivity contribution in [2.24, 2.45) is 0 Å². The molecule has 2 rings (SSSR count). The molecule has 0 atom stereocenters. The second kappa shape index (κ2) is 7.12. The highest BCUT2D eigenvalue weighted by molar-refractivity contribution is 7.99. The zero-order valence-electron chi connectivity index (χ0n) is 10.4. The van der Waals surface area contributed by atoms with Crippen LogP contribution in [-0.2, 0) is 6.42 Å². The molecule has 0 heterocycles. The normalized spacial score (nSPS) is 10.4. The molecular formula is C16H18OS. The molecule has 0 aliphatic rings. The van der Waals surface area contributed by atoms with Gasteiger partial charge in [-0.3, -0.25) is 0 Å². The molecule has 0 spiro atoms. The Labute approximate surface area is 113 Å². The molecule has 0 radical (unpaired) electrons. The van der Waals surface area contributed by atoms with Gasteiger partial charge in [-0.2, -0.15) is 0 Å². The highest BCUT2D eigenvalue weighted by Gasteiger charge is 1.96. The fourth-order valence-corrected chi connectivity index (χ4v) is 2.72. The average Bonchev–Trinajstić information content (AvgIpc) is 2.42. The highest BCUT2D eigenvalue weighted by Crippen LogP contribution is 2.21. The van der Waals surface area contributed by atoms with E-state index < -0.39 is 0 Å². The molecule has 0 amide bonds. The molecule has 0 saturated heterocycles. The number of unbranched alkanes of at least 4 members (excludes halogenated alkanes) is 1. The van der Waals surface area contributed by atoms with Crippen LogP contribution in [0, 0.1) is 0 Å². The molecule has 2 aromatic carbocycles. The average molecular weight is 258 g/mol. The number of phenols is 1. The Morgan fingerprint density at radius 1 is 0.833 bits per heavy atom. The quantitative estimate of drug-likeness (QED) is 0.608. The summed E-state index contributed by atoms with van der Waals surface area (Å²) in [6.07, 6.45) is 3.62. The Morgan fingerprint density at radius 3 is 2.28 bits per heavy atom. The predicted octanol–water partition coefficient (Wildman–Crippen LogP) is 4.51. The zero-order chi connectivity index (χ0) is 12.6. The summed E-state index contributed by atoms with van der Waals surface area (Å²) in [5.41, 5.74) is 1.42. The van der Waals surface area contributed by atoms with Crippen LogP contribution in [0.2, 0.25) is 0 Å². The van der Waals surface area contributed by atoms with E-state index in [1.54, 1.807) is 12.1 Å². The van der Waals surface area contributed by atoms with Crippen LogP contribution in [0.4, 0.5) is 0 Å². The first kappa shape index (κ1) is 13.0. The summed E-state index contributed by atoms with van der Waals surface area (Å²) in [6, 6.07) is 18.1. The van der Waals surface area contributed by atoms with E-state index in [1.807, 2.05) is 23.9 Å². The van der Waals surface area contributed by atoms with Gasteiger partial charge >= 0.3 is 0 Å². The maximum absolute atomic E-state index is 9.18. The summed E-state index contributed by atoms with van der Waals surface area (Å²) >= 11 is 1.85. The van der Waals surface area contributed by atoms with Crippen LogP contribution in [0.1, 0.15) is 18.4 Å². The summed E-state index contributed by atoms with van der Waals surface area (Å²) in [4.78, 5) is 1.23. The third-order valence-electron chi connectivity index (χ3n) is 2.81. The Kier molecular flexibility index (Phi) is 5.15. The molecule has 2 heteroatoms. The minimum Gasteiger partial charge on any atom is -0.508 e. The molecule has 1 N–H and O–H groups in total. The molecule has 0 aliphatic heterocycles. The molecule has 94 valence electrons. The molecule has 0 bridgehead atoms. The summed E-state index contributed by atoms with van der Waals surface area (Å²) in [6.45, 7) is 0. The minimum absolute atomic E-state index is 0.337. The van der Waals surface area contributed by atoms with Crippen molar-refractivity contribution in [2.75, 3.05) is 5.75 Å². The molecule has 0 fully saturated rings. The van der Waals surface area contributed by atoms with Crippen molar-refractivity contribution in [3.63, 3.8) is 0 Å². The lowest BCUT2D eigenvalue weighted by molar-refractivity contribution is 0.475. The number of hydrogen-bond donors (Lipinski definition) is 1. The Morgan fingerprint density at radius 2 is 1.56 bits per heavy atom. The van der Waals surface area contributed by atoms with E-state index in [9.17, 15) is 5.11 Å². The lowest BCUT2D eigenvalue weighted by Gasteiger charge is -2.03. The van der Waals surface area contributed by atoms with Crippen molar-refractivity contribution in [1.82, 2.24) is 0 Å². The van der Waals surface area contributed by atoms with Crippen LogP contribution < -0.4 is 0 Å². The fraction of sp³-hybridized carbons (Fsp3) is 0.250. The van der Waals surface area contributed by atoms with Gasteiger partial charge in [-0.1, -0.05) is 30.3 Å². The summed E-state index contributed by atoms with van der Waals surface area (Å²) in [5, 5.41) is 9.18. The van der Waals surface area contributed by atoms with Gasteiger partial charge in [-0.05, 0) is 54.8 Å². The van der Waals surface area contributed by atoms with Gasteiger partial charge in [-0.25, -0.2) is 0 Å². The predicted molar refractivity (Wildman–Crippen MR) is 78.2 cm³/mol. The third kappa shape index (κ3) is 4.46. The number of aromatic hydroxyl groups is 1. The first-order valence-electron chi connectivity index (χ1n) is 6.30. The van der Waals surface area contributed by atoms with Crippen LogP contribution in [0.3, 0.4) is 0 Å². The van der Waals surface area contributed by atoms with Gasteiger partial charge in [0.25, 0.3) is 0 Å². The van der Waals surface area contributed by atoms with Crippen molar-refractivity contribution >= 4 is 11.8 Å². The third-order valence-corrected chi connectivity index (χ3v) is 3.91. The van der Waals surface area contributed by atoms with E-state index in [0.717, 1.165) is 12.2 Å². The molecular weight excluding hydrogens is 240 g/mol. The van der Waals surface area contributed by atoms with Gasteiger partial charge < -0.3 is 5.11 Å². The summed E-state index contributed by atoms with van der Waals surface area (Å²) in [7, 11) is 0. The second-order valence-corrected chi connectivity index (χ2v) is 5.45. The van der Waals surface area contributed by atoms with Gasteiger partial charge in [0.05, 0.1) is 0 Å². The maximum atomic E-state index is 9.18. The highest BCUT2D eigenvalue weighted by atomic mass is 32.2. The van der Waals surface area contributed by atoms with Gasteiger partial charge in [0.1, 0.15) is 5.75 Å². The van der Waals surface area contributed by atoms with E-state index >= 15 is 0 Å². The monoisotopic (exact) mass is 258 g/mol. The SMILES string of the molecule is Oc1ccc(SCCCCc2ccccc2)cc1. The molecule has 0 saturated carbocycles. The van der Waals surface area contributed by atoms with Crippen LogP contribution in [0.25, 0.3) is 0 Å². The molecule has 0 unspecified atom stereocenters. The van der Waals surface area contributed by atoms with E-state index in [4.69, 9.17) is 0 Å². The van der Waals surface area contributed by atoms with Crippen LogP contribution in [-0.4, -0.2) is 10.9 Å². The molecule has 0 aromatic heterocycles. The molecule has 18 heavy (non-hydrogen) atoms. The molecule has 1 nitrogen and oxygen atoms in total. The minimum atomic E-state index is 0.337. The Balaban J connectivity index is 1.63. The van der Waals surface area contributed by atoms with Gasteiger partial charge in [0.15, 0.2) is 0 Å². The van der Waals surface area contributed by atoms with E-state index in [1.165, 1.54) is 23.3 Å². The van der Waals surface area contributed by atoms with Crippen molar-refractivity contribution in [1.29, 1.82) is 0 Å². The van der Waals surface area contributed by atoms with E-state index in [2.05, 4.69) is 30.3 Å². The van der Waals surface area contributed by atoms with Crippen molar-refractivity contribution < 1.29 is 5.11 Å². The summed E-state index contributed by atoms with van der Waals surface area (Å²) in [5.74, 6) is 1.47. The Bertz CT molecular complexity index is 450. The topological polar surface area (TPSA) is 20.2 Å². The van der Waals surface area contributed by atoms with Crippen molar-refractivity contribution in [2.45, 2.75) is 24.2 Å². The Hall–Kier alpha value is -1.41. The standard InChI is InChI=1S/C16H18OS/c17-15-9-11-16(12-10-15)18-13-5-4-8-14-6-2-1-3-7-14/h1-3,6-7,9-12,17H,4-5,8,13H2. The number of phenolic OH excluding ortho intramolecular Hbond substituents is 1. The van der Waals surface area contributed by atoms with Gasteiger partial charge in [0.2, 0.25) is 0 Å². The van der Waals surface area contributed by atoms with Gasteiger partial charge in [-0.15, -0.1) is 11.8 Å². The van der Waals surface area contributed by atoms with Crippen LogP contribution >= 0.6 is 11.8 Å². The van der Waals surface area contributed by atoms with Crippen LogP contribution in [0.5, 0.6) is 5.75 Å². The number of hydrogen-bond acceptors (Lipinski definition) is 2. The van der Waals surface area contributed by atoms with Crippen LogP contribution in [0.15, 0.2) is 59.5 Å². The molecule has 0 aliphatic carbocycles. The largest absolute Gasteiger partial charge is 0.508 e. The van der Waals surface area contributed by atoms with E-state index in [-0.39, 0.29) is 0 Å². The molecule has 2 aromatic rings. The summed E-state index contributed by atoms with van der Waals surface area (Å²) < 4.78 is 0. The smallest absolute Gasteiger partial charge is 0.115 e. The number of benzene rings is 2. The number of aryl methyl sites for hydroxylation is 1. The van der Waals surface area contributed by atoms with E-state index in [0.29, 0.717) is 5.75 Å². The first-order chi connectivity index (χ1) is 8.84. The number of thioether (sulfide) groups is 1. The fourth-order valence-electron chi connectivity index (χ4n) is 1.81.